The van der Waals surface area contributed by atoms with Gasteiger partial charge in [-0.15, -0.1) is 11.8 Å². The number of hydrogen-bond acceptors (Lipinski definition) is 5. The van der Waals surface area contributed by atoms with Crippen LogP contribution in [0.2, 0.25) is 0 Å². The number of rotatable bonds is 2. The van der Waals surface area contributed by atoms with E-state index in [1.165, 1.54) is 0 Å². The molecule has 1 atom stereocenters. The molecule has 1 rings (SSSR count). The van der Waals surface area contributed by atoms with Gasteiger partial charge >= 0.3 is 8.03 Å². The third kappa shape index (κ3) is 2.51. The average Bonchev–Trinajstić information content (AvgIpc) is 2.26. The maximum atomic E-state index is 11.0. The Labute approximate surface area is 81.3 Å². The molecule has 1 heterocycles. The molecule has 0 saturated heterocycles. The van der Waals surface area contributed by atoms with Gasteiger partial charge in [0.2, 0.25) is 0 Å². The molecular weight excluding hydrogens is 209 g/mol. The highest BCUT2D eigenvalue weighted by atomic mass is 32.2. The van der Waals surface area contributed by atoms with Crippen LogP contribution in [0.5, 0.6) is 0 Å². The topological polar surface area (TPSA) is 87.7 Å². The molecule has 1 aliphatic rings. The molecule has 1 aliphatic heterocycles. The maximum Gasteiger partial charge on any atom is 0.550 e. The first-order chi connectivity index (χ1) is 6.16. The van der Waals surface area contributed by atoms with Crippen molar-refractivity contribution in [1.29, 1.82) is 0 Å². The van der Waals surface area contributed by atoms with Crippen LogP contribution in [0.25, 0.3) is 0 Å². The van der Waals surface area contributed by atoms with Crippen LogP contribution >= 0.6 is 19.8 Å². The molecule has 0 bridgehead atoms. The Morgan fingerprint density at radius 2 is 2.46 bits per heavy atom. The van der Waals surface area contributed by atoms with Crippen LogP contribution in [0.3, 0.4) is 0 Å². The van der Waals surface area contributed by atoms with Gasteiger partial charge in [0.25, 0.3) is 5.31 Å². The van der Waals surface area contributed by atoms with Gasteiger partial charge in [0.15, 0.2) is 0 Å². The van der Waals surface area contributed by atoms with Crippen LogP contribution in [-0.4, -0.2) is 22.2 Å². The second-order valence-electron chi connectivity index (χ2n) is 2.47. The summed E-state index contributed by atoms with van der Waals surface area (Å²) >= 11 is 1.55. The zero-order valence-electron chi connectivity index (χ0n) is 7.15. The number of allylic oxidation sites excluding steroid dienone is 1. The van der Waals surface area contributed by atoms with E-state index in [1.807, 2.05) is 0 Å². The molecule has 0 saturated carbocycles. The molecule has 0 aromatic heterocycles. The van der Waals surface area contributed by atoms with E-state index in [0.717, 1.165) is 0 Å². The zero-order valence-corrected chi connectivity index (χ0v) is 8.86. The number of hydrogen-bond donors (Lipinski definition) is 3. The van der Waals surface area contributed by atoms with Crippen molar-refractivity contribution in [3.63, 3.8) is 0 Å². The maximum absolute atomic E-state index is 11.0. The molecule has 0 aliphatic carbocycles. The molecule has 7 heteroatoms. The number of thioether (sulfide) groups is 1. The van der Waals surface area contributed by atoms with E-state index in [2.05, 4.69) is 10.4 Å². The fourth-order valence-corrected chi connectivity index (χ4v) is 2.65. The van der Waals surface area contributed by atoms with Crippen LogP contribution < -0.4 is 11.3 Å². The highest BCUT2D eigenvalue weighted by molar-refractivity contribution is 7.99. The van der Waals surface area contributed by atoms with Crippen molar-refractivity contribution in [1.82, 2.24) is 5.43 Å². The Kier molecular flexibility index (Phi) is 3.87. The smallest absolute Gasteiger partial charge is 0.323 e. The van der Waals surface area contributed by atoms with Gasteiger partial charge < -0.3 is 5.43 Å². The van der Waals surface area contributed by atoms with Crippen molar-refractivity contribution in [2.24, 2.45) is 10.8 Å². The molecule has 13 heavy (non-hydrogen) atoms. The summed E-state index contributed by atoms with van der Waals surface area (Å²) in [5.74, 6) is 6.44. The van der Waals surface area contributed by atoms with E-state index < -0.39 is 8.03 Å². The summed E-state index contributed by atoms with van der Waals surface area (Å²) in [6.07, 6.45) is 0. The number of nitrogens with zero attached hydrogens (tertiary/aromatic N) is 1. The third-order valence-electron chi connectivity index (χ3n) is 1.63. The van der Waals surface area contributed by atoms with Gasteiger partial charge in [-0.05, 0) is 11.5 Å². The van der Waals surface area contributed by atoms with Crippen LogP contribution in [-0.2, 0) is 4.57 Å². The van der Waals surface area contributed by atoms with Crippen molar-refractivity contribution in [3.05, 3.63) is 11.0 Å². The van der Waals surface area contributed by atoms with Crippen LogP contribution in [0, 0.1) is 0 Å². The first kappa shape index (κ1) is 10.7. The summed E-state index contributed by atoms with van der Waals surface area (Å²) in [4.78, 5) is 13.1. The molecule has 4 N–H and O–H groups in total. The van der Waals surface area contributed by atoms with E-state index in [0.29, 0.717) is 28.4 Å². The predicted molar refractivity (Wildman–Crippen MR) is 54.6 cm³/mol. The number of aliphatic imine (C=N–C) groups is 1. The zero-order chi connectivity index (χ0) is 9.84. The van der Waals surface area contributed by atoms with Crippen LogP contribution in [0.4, 0.5) is 0 Å². The Bertz CT molecular complexity index is 290. The largest absolute Gasteiger partial charge is 0.550 e. The van der Waals surface area contributed by atoms with Crippen molar-refractivity contribution in [2.75, 3.05) is 11.6 Å². The van der Waals surface area contributed by atoms with Gasteiger partial charge in [0.05, 0.1) is 17.3 Å². The molecule has 0 amide bonds. The van der Waals surface area contributed by atoms with Gasteiger partial charge in [0, 0.05) is 5.75 Å². The summed E-state index contributed by atoms with van der Waals surface area (Å²) in [5, 5.41) is 0.336. The van der Waals surface area contributed by atoms with E-state index in [9.17, 15) is 4.57 Å². The normalized spacial score (nSPS) is 19.3. The Morgan fingerprint density at radius 3 is 3.00 bits per heavy atom. The average molecular weight is 220 g/mol. The minimum absolute atomic E-state index is 0.336. The van der Waals surface area contributed by atoms with E-state index in [4.69, 9.17) is 10.7 Å². The van der Waals surface area contributed by atoms with E-state index in [-0.39, 0.29) is 0 Å². The minimum Gasteiger partial charge on any atom is -0.323 e. The summed E-state index contributed by atoms with van der Waals surface area (Å²) in [6, 6.07) is 0. The first-order valence-corrected chi connectivity index (χ1v) is 5.98. The lowest BCUT2D eigenvalue weighted by Crippen LogP contribution is -2.24. The summed E-state index contributed by atoms with van der Waals surface area (Å²) < 4.78 is 11.0. The van der Waals surface area contributed by atoms with Crippen molar-refractivity contribution < 1.29 is 9.46 Å². The fraction of sp³-hybridized carbons (Fsp3) is 0.500. The Hall–Kier alpha value is -0.420. The second kappa shape index (κ2) is 4.72. The predicted octanol–water partition coefficient (Wildman–Crippen LogP) is 0.561. The third-order valence-corrected chi connectivity index (χ3v) is 3.41. The van der Waals surface area contributed by atoms with Crippen LogP contribution in [0.1, 0.15) is 6.92 Å². The molecule has 1 unspecified atom stereocenters. The fourth-order valence-electron chi connectivity index (χ4n) is 1.02. The van der Waals surface area contributed by atoms with Crippen molar-refractivity contribution >= 4 is 25.5 Å². The lowest BCUT2D eigenvalue weighted by Gasteiger charge is -2.01. The molecular formula is C6H11N3O2PS+. The number of hydrazine groups is 1. The number of nitrogens with two attached hydrogens (primary N) is 1. The van der Waals surface area contributed by atoms with Gasteiger partial charge in [-0.1, -0.05) is 0 Å². The van der Waals surface area contributed by atoms with Gasteiger partial charge in [-0.25, -0.2) is 0 Å². The number of nitrogens with one attached hydrogen (secondary N) is 1. The minimum atomic E-state index is -2.38. The molecule has 5 nitrogen and oxygen atoms in total. The summed E-state index contributed by atoms with van der Waals surface area (Å²) in [7, 11) is -2.38. The molecule has 0 aromatic rings. The monoisotopic (exact) mass is 220 g/mol. The van der Waals surface area contributed by atoms with E-state index >= 15 is 0 Å². The highest BCUT2D eigenvalue weighted by Crippen LogP contribution is 2.33. The van der Waals surface area contributed by atoms with Crippen molar-refractivity contribution in [3.8, 4) is 0 Å². The molecule has 0 fully saturated rings. The van der Waals surface area contributed by atoms with Crippen LogP contribution in [0.15, 0.2) is 16.0 Å². The lowest BCUT2D eigenvalue weighted by molar-refractivity contribution is 0.510. The summed E-state index contributed by atoms with van der Waals surface area (Å²) in [5.41, 5.74) is 3.61. The van der Waals surface area contributed by atoms with E-state index in [1.54, 1.807) is 18.7 Å². The SMILES string of the molecule is CC1=NCSCC(NN)=C1[P+](=O)O. The quantitative estimate of drug-likeness (QED) is 0.359. The molecule has 0 spiro atoms. The van der Waals surface area contributed by atoms with Crippen molar-refractivity contribution in [2.45, 2.75) is 6.92 Å². The molecule has 72 valence electrons. The lowest BCUT2D eigenvalue weighted by atomic mass is 10.3. The Balaban J connectivity index is 3.10. The van der Waals surface area contributed by atoms with Gasteiger partial charge in [0.1, 0.15) is 0 Å². The Morgan fingerprint density at radius 1 is 1.77 bits per heavy atom. The van der Waals surface area contributed by atoms with Gasteiger partial charge in [-0.2, -0.15) is 4.89 Å². The molecule has 0 aromatic carbocycles. The first-order valence-electron chi connectivity index (χ1n) is 3.62. The highest BCUT2D eigenvalue weighted by Gasteiger charge is 2.30. The van der Waals surface area contributed by atoms with Gasteiger partial charge in [-0.3, -0.25) is 10.8 Å². The second-order valence-corrected chi connectivity index (χ2v) is 4.41. The molecule has 0 radical (unpaired) electrons. The standard InChI is InChI=1S/C6H10N3O2PS/c1-4-6(12(10)11)5(9-7)2-13-3-8-4/h9H,2-3,7H2,1H3/p+1. The summed E-state index contributed by atoms with van der Waals surface area (Å²) in [6.45, 7) is 1.71.